The predicted molar refractivity (Wildman–Crippen MR) is 92.6 cm³/mol. The Labute approximate surface area is 150 Å². The molecular formula is C18H23F2N3O3. The number of amides is 3. The second kappa shape index (κ2) is 7.47. The summed E-state index contributed by atoms with van der Waals surface area (Å²) in [5, 5.41) is 2.71. The summed E-state index contributed by atoms with van der Waals surface area (Å²) in [5.41, 5.74) is 6.02. The first-order chi connectivity index (χ1) is 12.4. The van der Waals surface area contributed by atoms with Crippen LogP contribution in [0.5, 0.6) is 5.75 Å². The quantitative estimate of drug-likeness (QED) is 0.838. The van der Waals surface area contributed by atoms with Gasteiger partial charge in [0, 0.05) is 18.7 Å². The monoisotopic (exact) mass is 367 g/mol. The molecule has 26 heavy (non-hydrogen) atoms. The number of primary amides is 1. The summed E-state index contributed by atoms with van der Waals surface area (Å²) < 4.78 is 30.0. The van der Waals surface area contributed by atoms with Crippen LogP contribution in [0.25, 0.3) is 0 Å². The number of anilines is 1. The van der Waals surface area contributed by atoms with Gasteiger partial charge in [-0.3, -0.25) is 4.79 Å². The van der Waals surface area contributed by atoms with Crippen molar-refractivity contribution in [2.24, 2.45) is 11.1 Å². The normalized spacial score (nSPS) is 18.5. The van der Waals surface area contributed by atoms with E-state index in [0.29, 0.717) is 18.5 Å². The van der Waals surface area contributed by atoms with E-state index in [9.17, 15) is 18.4 Å². The molecule has 2 fully saturated rings. The number of rotatable bonds is 5. The molecule has 6 nitrogen and oxygen atoms in total. The van der Waals surface area contributed by atoms with Crippen LogP contribution in [-0.4, -0.2) is 43.0 Å². The van der Waals surface area contributed by atoms with Gasteiger partial charge in [0.25, 0.3) is 6.43 Å². The minimum atomic E-state index is -2.67. The Kier molecular flexibility index (Phi) is 5.29. The van der Waals surface area contributed by atoms with E-state index in [2.05, 4.69) is 5.32 Å². The van der Waals surface area contributed by atoms with Crippen LogP contribution in [0.3, 0.4) is 0 Å². The number of likely N-dealkylation sites (tertiary alicyclic amines) is 1. The Hall–Kier alpha value is -2.38. The van der Waals surface area contributed by atoms with E-state index in [4.69, 9.17) is 10.5 Å². The van der Waals surface area contributed by atoms with Crippen molar-refractivity contribution in [1.82, 2.24) is 4.90 Å². The molecule has 3 N–H and O–H groups in total. The average Bonchev–Trinajstić information content (AvgIpc) is 3.40. The third-order valence-corrected chi connectivity index (χ3v) is 5.16. The van der Waals surface area contributed by atoms with E-state index in [1.807, 2.05) is 0 Å². The van der Waals surface area contributed by atoms with Crippen molar-refractivity contribution >= 4 is 17.6 Å². The molecule has 8 heteroatoms. The van der Waals surface area contributed by atoms with Gasteiger partial charge < -0.3 is 20.7 Å². The number of carbonyl (C=O) groups is 2. The lowest BCUT2D eigenvalue weighted by molar-refractivity contribution is 0.0822. The number of nitrogens with one attached hydrogen (secondary N) is 1. The number of alkyl halides is 2. The minimum absolute atomic E-state index is 0.00318. The number of nitrogens with zero attached hydrogens (tertiary/aromatic N) is 1. The third-order valence-electron chi connectivity index (χ3n) is 5.16. The van der Waals surface area contributed by atoms with Crippen molar-refractivity contribution in [2.75, 3.05) is 25.0 Å². The number of hydrogen-bond acceptors (Lipinski definition) is 3. The van der Waals surface area contributed by atoms with Crippen molar-refractivity contribution in [3.63, 3.8) is 0 Å². The molecule has 1 aliphatic heterocycles. The van der Waals surface area contributed by atoms with Crippen molar-refractivity contribution in [3.05, 3.63) is 23.8 Å². The molecule has 3 amide bonds. The van der Waals surface area contributed by atoms with E-state index in [1.165, 1.54) is 31.0 Å². The number of nitrogens with two attached hydrogens (primary N) is 1. The molecule has 1 heterocycles. The van der Waals surface area contributed by atoms with Crippen molar-refractivity contribution in [3.8, 4) is 5.75 Å². The number of hydrogen-bond donors (Lipinski definition) is 2. The molecular weight excluding hydrogens is 344 g/mol. The summed E-state index contributed by atoms with van der Waals surface area (Å²) >= 11 is 0. The maximum Gasteiger partial charge on any atom is 0.321 e. The van der Waals surface area contributed by atoms with Crippen molar-refractivity contribution < 1.29 is 23.1 Å². The fourth-order valence-corrected chi connectivity index (χ4v) is 3.38. The van der Waals surface area contributed by atoms with Crippen LogP contribution in [0, 0.1) is 5.41 Å². The van der Waals surface area contributed by atoms with Gasteiger partial charge in [0.1, 0.15) is 12.4 Å². The van der Waals surface area contributed by atoms with Crippen LogP contribution in [-0.2, 0) is 0 Å². The van der Waals surface area contributed by atoms with E-state index in [-0.39, 0.29) is 23.0 Å². The van der Waals surface area contributed by atoms with Gasteiger partial charge in [-0.15, -0.1) is 0 Å². The van der Waals surface area contributed by atoms with Gasteiger partial charge in [-0.05, 0) is 55.7 Å². The lowest BCUT2D eigenvalue weighted by Gasteiger charge is -2.22. The molecule has 0 unspecified atom stereocenters. The highest BCUT2D eigenvalue weighted by Gasteiger charge is 2.43. The molecule has 1 saturated heterocycles. The Morgan fingerprint density at radius 1 is 1.23 bits per heavy atom. The van der Waals surface area contributed by atoms with Crippen LogP contribution >= 0.6 is 0 Å². The Morgan fingerprint density at radius 3 is 2.65 bits per heavy atom. The average molecular weight is 367 g/mol. The molecule has 0 atom stereocenters. The SMILES string of the molecule is NC(=O)c1ccc(NC(=O)N2CCCC3(CC2)CC3)c(OCC(F)F)c1. The Bertz CT molecular complexity index is 692. The second-order valence-corrected chi connectivity index (χ2v) is 7.05. The number of halogens is 2. The van der Waals surface area contributed by atoms with Crippen molar-refractivity contribution in [1.29, 1.82) is 0 Å². The van der Waals surface area contributed by atoms with Gasteiger partial charge in [0.2, 0.25) is 5.91 Å². The summed E-state index contributed by atoms with van der Waals surface area (Å²) in [6, 6.07) is 3.84. The summed E-state index contributed by atoms with van der Waals surface area (Å²) in [5.74, 6) is -0.699. The molecule has 2 aliphatic rings. The van der Waals surface area contributed by atoms with Gasteiger partial charge in [-0.2, -0.15) is 0 Å². The van der Waals surface area contributed by atoms with Gasteiger partial charge in [-0.25, -0.2) is 13.6 Å². The highest BCUT2D eigenvalue weighted by atomic mass is 19.3. The topological polar surface area (TPSA) is 84.7 Å². The third kappa shape index (κ3) is 4.42. The first kappa shape index (κ1) is 18.4. The lowest BCUT2D eigenvalue weighted by Crippen LogP contribution is -2.36. The molecule has 0 aromatic heterocycles. The summed E-state index contributed by atoms with van der Waals surface area (Å²) in [4.78, 5) is 25.6. The fraction of sp³-hybridized carbons (Fsp3) is 0.556. The van der Waals surface area contributed by atoms with Gasteiger partial charge >= 0.3 is 6.03 Å². The van der Waals surface area contributed by atoms with Crippen LogP contribution in [0.2, 0.25) is 0 Å². The number of benzene rings is 1. The molecule has 1 aliphatic carbocycles. The van der Waals surface area contributed by atoms with Crippen LogP contribution in [0.4, 0.5) is 19.3 Å². The zero-order valence-corrected chi connectivity index (χ0v) is 14.5. The number of ether oxygens (including phenoxy) is 1. The Balaban J connectivity index is 1.70. The summed E-state index contributed by atoms with van der Waals surface area (Å²) in [6.45, 7) is 0.510. The van der Waals surface area contributed by atoms with Crippen molar-refractivity contribution in [2.45, 2.75) is 38.5 Å². The van der Waals surface area contributed by atoms with Gasteiger partial charge in [-0.1, -0.05) is 0 Å². The molecule has 1 aromatic rings. The standard InChI is InChI=1S/C18H23F2N3O3/c19-15(20)11-26-14-10-12(16(21)24)2-3-13(14)22-17(25)23-8-1-4-18(5-6-18)7-9-23/h2-3,10,15H,1,4-9,11H2,(H2,21,24)(H,22,25). The summed E-state index contributed by atoms with van der Waals surface area (Å²) in [7, 11) is 0. The molecule has 0 bridgehead atoms. The minimum Gasteiger partial charge on any atom is -0.485 e. The summed E-state index contributed by atoms with van der Waals surface area (Å²) in [6.07, 6.45) is 2.91. The maximum absolute atomic E-state index is 12.6. The molecule has 142 valence electrons. The van der Waals surface area contributed by atoms with E-state index in [1.54, 1.807) is 4.90 Å². The molecule has 1 saturated carbocycles. The molecule has 3 rings (SSSR count). The molecule has 0 radical (unpaired) electrons. The predicted octanol–water partition coefficient (Wildman–Crippen LogP) is 3.23. The highest BCUT2D eigenvalue weighted by molar-refractivity contribution is 5.96. The van der Waals surface area contributed by atoms with E-state index in [0.717, 1.165) is 19.3 Å². The largest absolute Gasteiger partial charge is 0.485 e. The maximum atomic E-state index is 12.6. The molecule has 1 spiro atoms. The highest BCUT2D eigenvalue weighted by Crippen LogP contribution is 2.53. The first-order valence-corrected chi connectivity index (χ1v) is 8.79. The van der Waals surface area contributed by atoms with E-state index >= 15 is 0 Å². The zero-order chi connectivity index (χ0) is 18.7. The second-order valence-electron chi connectivity index (χ2n) is 7.05. The smallest absolute Gasteiger partial charge is 0.321 e. The number of carbonyl (C=O) groups excluding carboxylic acids is 2. The molecule has 1 aromatic carbocycles. The fourth-order valence-electron chi connectivity index (χ4n) is 3.38. The van der Waals surface area contributed by atoms with E-state index < -0.39 is 18.9 Å². The van der Waals surface area contributed by atoms with Crippen LogP contribution in [0.15, 0.2) is 18.2 Å². The number of urea groups is 1. The first-order valence-electron chi connectivity index (χ1n) is 8.79. The lowest BCUT2D eigenvalue weighted by atomic mass is 9.98. The zero-order valence-electron chi connectivity index (χ0n) is 14.5. The van der Waals surface area contributed by atoms with Gasteiger partial charge in [0.05, 0.1) is 5.69 Å². The van der Waals surface area contributed by atoms with Gasteiger partial charge in [0.15, 0.2) is 0 Å². The Morgan fingerprint density at radius 2 is 2.00 bits per heavy atom. The van der Waals surface area contributed by atoms with Crippen LogP contribution < -0.4 is 15.8 Å². The van der Waals surface area contributed by atoms with Crippen LogP contribution in [0.1, 0.15) is 42.5 Å².